The second kappa shape index (κ2) is 6.09. The van der Waals surface area contributed by atoms with Gasteiger partial charge in [0.2, 0.25) is 5.91 Å². The molecular formula is C14H14FNO4S. The zero-order valence-electron chi connectivity index (χ0n) is 11.2. The smallest absolute Gasteiger partial charge is 0.238 e. The molecule has 2 aromatic rings. The van der Waals surface area contributed by atoms with Crippen LogP contribution in [0.5, 0.6) is 0 Å². The van der Waals surface area contributed by atoms with E-state index in [1.165, 1.54) is 13.2 Å². The second-order valence-electron chi connectivity index (χ2n) is 4.44. The van der Waals surface area contributed by atoms with Crippen LogP contribution in [0.15, 0.2) is 52.0 Å². The molecule has 1 atom stereocenters. The predicted octanol–water partition coefficient (Wildman–Crippen LogP) is 1.90. The number of carbonyl (C=O) groups excluding carboxylic acids is 1. The standard InChI is InChI=1S/C14H14FNO4S/c1-10(14(17)16-9-12-3-2-8-20-12)21(18,19)13-6-4-11(15)5-7-13/h2-8,10H,9H2,1H3,(H,16,17). The predicted molar refractivity (Wildman–Crippen MR) is 73.6 cm³/mol. The number of hydrogen-bond donors (Lipinski definition) is 1. The maximum Gasteiger partial charge on any atom is 0.238 e. The van der Waals surface area contributed by atoms with Gasteiger partial charge < -0.3 is 9.73 Å². The van der Waals surface area contributed by atoms with E-state index in [9.17, 15) is 17.6 Å². The highest BCUT2D eigenvalue weighted by molar-refractivity contribution is 7.92. The van der Waals surface area contributed by atoms with Gasteiger partial charge in [0, 0.05) is 0 Å². The molecule has 7 heteroatoms. The van der Waals surface area contributed by atoms with Crippen molar-refractivity contribution in [2.24, 2.45) is 0 Å². The Kier molecular flexibility index (Phi) is 4.42. The number of amides is 1. The van der Waals surface area contributed by atoms with Crippen LogP contribution in [0.3, 0.4) is 0 Å². The Labute approximate surface area is 121 Å². The SMILES string of the molecule is CC(C(=O)NCc1ccco1)S(=O)(=O)c1ccc(F)cc1. The first kappa shape index (κ1) is 15.2. The number of sulfone groups is 1. The first-order chi connectivity index (χ1) is 9.91. The summed E-state index contributed by atoms with van der Waals surface area (Å²) in [5.74, 6) is -0.658. The van der Waals surface area contributed by atoms with Gasteiger partial charge in [0.25, 0.3) is 0 Å². The molecule has 1 amide bonds. The molecule has 0 aliphatic rings. The molecule has 0 spiro atoms. The average Bonchev–Trinajstić information content (AvgIpc) is 2.97. The van der Waals surface area contributed by atoms with Gasteiger partial charge >= 0.3 is 0 Å². The third-order valence-electron chi connectivity index (χ3n) is 2.99. The highest BCUT2D eigenvalue weighted by Crippen LogP contribution is 2.16. The largest absolute Gasteiger partial charge is 0.467 e. The van der Waals surface area contributed by atoms with Crippen LogP contribution in [0.25, 0.3) is 0 Å². The molecule has 0 radical (unpaired) electrons. The quantitative estimate of drug-likeness (QED) is 0.856. The zero-order chi connectivity index (χ0) is 15.5. The fourth-order valence-electron chi connectivity index (χ4n) is 1.70. The molecule has 0 aliphatic carbocycles. The lowest BCUT2D eigenvalue weighted by Gasteiger charge is -2.12. The highest BCUT2D eigenvalue weighted by atomic mass is 32.2. The molecule has 1 N–H and O–H groups in total. The van der Waals surface area contributed by atoms with Crippen molar-refractivity contribution >= 4 is 15.7 Å². The third kappa shape index (κ3) is 3.49. The summed E-state index contributed by atoms with van der Waals surface area (Å²) in [6.07, 6.45) is 1.46. The van der Waals surface area contributed by atoms with Crippen molar-refractivity contribution < 1.29 is 22.0 Å². The molecule has 0 saturated heterocycles. The van der Waals surface area contributed by atoms with Crippen LogP contribution in [0.1, 0.15) is 12.7 Å². The van der Waals surface area contributed by atoms with Crippen LogP contribution in [0.2, 0.25) is 0 Å². The lowest BCUT2D eigenvalue weighted by atomic mass is 10.3. The summed E-state index contributed by atoms with van der Waals surface area (Å²) in [5, 5.41) is 1.21. The summed E-state index contributed by atoms with van der Waals surface area (Å²) in [6.45, 7) is 1.39. The van der Waals surface area contributed by atoms with Crippen molar-refractivity contribution in [2.45, 2.75) is 23.6 Å². The normalized spacial score (nSPS) is 12.9. The number of hydrogen-bond acceptors (Lipinski definition) is 4. The van der Waals surface area contributed by atoms with Gasteiger partial charge in [0.1, 0.15) is 16.8 Å². The molecule has 0 fully saturated rings. The number of halogens is 1. The van der Waals surface area contributed by atoms with Crippen LogP contribution >= 0.6 is 0 Å². The minimum absolute atomic E-state index is 0.0930. The van der Waals surface area contributed by atoms with Crippen molar-refractivity contribution in [2.75, 3.05) is 0 Å². The maximum atomic E-state index is 12.8. The van der Waals surface area contributed by atoms with Gasteiger partial charge in [-0.25, -0.2) is 12.8 Å². The van der Waals surface area contributed by atoms with Gasteiger partial charge in [-0.2, -0.15) is 0 Å². The topological polar surface area (TPSA) is 76.4 Å². The van der Waals surface area contributed by atoms with Gasteiger partial charge in [-0.15, -0.1) is 0 Å². The van der Waals surface area contributed by atoms with E-state index in [1.54, 1.807) is 12.1 Å². The Morgan fingerprint density at radius 2 is 1.95 bits per heavy atom. The molecule has 1 unspecified atom stereocenters. The number of nitrogens with one attached hydrogen (secondary N) is 1. The van der Waals surface area contributed by atoms with Crippen molar-refractivity contribution in [3.63, 3.8) is 0 Å². The summed E-state index contributed by atoms with van der Waals surface area (Å²) in [6, 6.07) is 7.70. The highest BCUT2D eigenvalue weighted by Gasteiger charge is 2.29. The molecule has 21 heavy (non-hydrogen) atoms. The average molecular weight is 311 g/mol. The van der Waals surface area contributed by atoms with Gasteiger partial charge in [-0.1, -0.05) is 0 Å². The molecule has 0 aliphatic heterocycles. The fraction of sp³-hybridized carbons (Fsp3) is 0.214. The van der Waals surface area contributed by atoms with E-state index in [1.807, 2.05) is 0 Å². The van der Waals surface area contributed by atoms with E-state index in [-0.39, 0.29) is 11.4 Å². The van der Waals surface area contributed by atoms with Gasteiger partial charge in [0.05, 0.1) is 17.7 Å². The van der Waals surface area contributed by atoms with E-state index in [0.29, 0.717) is 5.76 Å². The Balaban J connectivity index is 2.08. The van der Waals surface area contributed by atoms with Crippen molar-refractivity contribution in [1.82, 2.24) is 5.32 Å². The molecule has 0 bridgehead atoms. The van der Waals surface area contributed by atoms with Gasteiger partial charge in [-0.05, 0) is 43.3 Å². The molecule has 2 rings (SSSR count). The van der Waals surface area contributed by atoms with Crippen LogP contribution in [-0.2, 0) is 21.2 Å². The zero-order valence-corrected chi connectivity index (χ0v) is 12.1. The molecule has 112 valence electrons. The first-order valence-corrected chi connectivity index (χ1v) is 7.75. The minimum Gasteiger partial charge on any atom is -0.467 e. The summed E-state index contributed by atoms with van der Waals surface area (Å²) in [7, 11) is -3.86. The Morgan fingerprint density at radius 3 is 2.52 bits per heavy atom. The fourth-order valence-corrected chi connectivity index (χ4v) is 2.99. The molecule has 1 aromatic heterocycles. The number of furan rings is 1. The van der Waals surface area contributed by atoms with Gasteiger partial charge in [0.15, 0.2) is 9.84 Å². The van der Waals surface area contributed by atoms with Crippen LogP contribution in [-0.4, -0.2) is 19.6 Å². The second-order valence-corrected chi connectivity index (χ2v) is 6.71. The summed E-state index contributed by atoms with van der Waals surface area (Å²) in [4.78, 5) is 11.8. The summed E-state index contributed by atoms with van der Waals surface area (Å²) >= 11 is 0. The number of rotatable bonds is 5. The molecule has 0 saturated carbocycles. The molecule has 5 nitrogen and oxygen atoms in total. The van der Waals surface area contributed by atoms with E-state index >= 15 is 0 Å². The Bertz CT molecular complexity index is 708. The lowest BCUT2D eigenvalue weighted by Crippen LogP contribution is -2.37. The lowest BCUT2D eigenvalue weighted by molar-refractivity contribution is -0.120. The third-order valence-corrected chi connectivity index (χ3v) is 5.07. The maximum absolute atomic E-state index is 12.8. The molecular weight excluding hydrogens is 297 g/mol. The Hall–Kier alpha value is -2.15. The first-order valence-electron chi connectivity index (χ1n) is 6.21. The van der Waals surface area contributed by atoms with Crippen molar-refractivity contribution in [3.8, 4) is 0 Å². The van der Waals surface area contributed by atoms with Gasteiger partial charge in [-0.3, -0.25) is 4.79 Å². The number of benzene rings is 1. The summed E-state index contributed by atoms with van der Waals surface area (Å²) < 4.78 is 42.3. The van der Waals surface area contributed by atoms with Crippen molar-refractivity contribution in [1.29, 1.82) is 0 Å². The van der Waals surface area contributed by atoms with Crippen LogP contribution in [0.4, 0.5) is 4.39 Å². The minimum atomic E-state index is -3.86. The molecule has 1 aromatic carbocycles. The summed E-state index contributed by atoms with van der Waals surface area (Å²) in [5.41, 5.74) is 0. The number of carbonyl (C=O) groups is 1. The van der Waals surface area contributed by atoms with E-state index < -0.39 is 26.8 Å². The van der Waals surface area contributed by atoms with E-state index in [4.69, 9.17) is 4.42 Å². The van der Waals surface area contributed by atoms with E-state index in [0.717, 1.165) is 24.3 Å². The monoisotopic (exact) mass is 311 g/mol. The molecule has 1 heterocycles. The van der Waals surface area contributed by atoms with E-state index in [2.05, 4.69) is 5.32 Å². The Morgan fingerprint density at radius 1 is 1.29 bits per heavy atom. The van der Waals surface area contributed by atoms with Crippen LogP contribution in [0, 0.1) is 5.82 Å². The van der Waals surface area contributed by atoms with Crippen LogP contribution < -0.4 is 5.32 Å². The van der Waals surface area contributed by atoms with Crippen molar-refractivity contribution in [3.05, 3.63) is 54.2 Å².